The van der Waals surface area contributed by atoms with E-state index in [2.05, 4.69) is 12.2 Å². The van der Waals surface area contributed by atoms with Gasteiger partial charge in [0.25, 0.3) is 0 Å². The smallest absolute Gasteiger partial charge is 0.304 e. The zero-order valence-electron chi connectivity index (χ0n) is 14.7. The summed E-state index contributed by atoms with van der Waals surface area (Å²) in [7, 11) is 0. The number of hydrogen-bond donors (Lipinski definition) is 3. The van der Waals surface area contributed by atoms with Crippen molar-refractivity contribution >= 4 is 11.9 Å². The Kier molecular flexibility index (Phi) is 15.0. The summed E-state index contributed by atoms with van der Waals surface area (Å²) in [5.74, 6) is -1.68. The highest BCUT2D eigenvalue weighted by Gasteiger charge is 2.12. The summed E-state index contributed by atoms with van der Waals surface area (Å²) in [6, 6.07) is -0.110. The summed E-state index contributed by atoms with van der Waals surface area (Å²) in [6.07, 6.45) is 13.5. The van der Waals surface area contributed by atoms with Crippen LogP contribution < -0.4 is 5.32 Å². The number of carboxylic acids is 2. The summed E-state index contributed by atoms with van der Waals surface area (Å²) in [6.45, 7) is 2.57. The molecule has 0 aromatic rings. The Morgan fingerprint density at radius 2 is 1.35 bits per heavy atom. The number of carboxylic acid groups (broad SMARTS) is 2. The predicted octanol–water partition coefficient (Wildman–Crippen LogP) is 4.21. The number of rotatable bonds is 17. The Labute approximate surface area is 140 Å². The van der Waals surface area contributed by atoms with Crippen molar-refractivity contribution in [3.63, 3.8) is 0 Å². The maximum atomic E-state index is 10.8. The fraction of sp³-hybridized carbons (Fsp3) is 0.889. The molecular weight excluding hydrogens is 294 g/mol. The minimum atomic E-state index is -0.856. The molecule has 1 atom stereocenters. The van der Waals surface area contributed by atoms with Crippen molar-refractivity contribution in [2.45, 2.75) is 96.4 Å². The van der Waals surface area contributed by atoms with Gasteiger partial charge in [0.15, 0.2) is 0 Å². The largest absolute Gasteiger partial charge is 0.481 e. The van der Waals surface area contributed by atoms with Gasteiger partial charge < -0.3 is 15.5 Å². The van der Waals surface area contributed by atoms with Crippen LogP contribution >= 0.6 is 0 Å². The van der Waals surface area contributed by atoms with E-state index in [9.17, 15) is 9.59 Å². The molecule has 0 aliphatic rings. The van der Waals surface area contributed by atoms with Gasteiger partial charge in [-0.1, -0.05) is 71.1 Å². The SMILES string of the molecule is CCCCCCCCCCCCC(CC(=O)O)NCCC(=O)O. The van der Waals surface area contributed by atoms with Gasteiger partial charge in [-0.3, -0.25) is 9.59 Å². The second-order valence-corrected chi connectivity index (χ2v) is 6.36. The highest BCUT2D eigenvalue weighted by molar-refractivity contribution is 5.68. The third kappa shape index (κ3) is 17.1. The van der Waals surface area contributed by atoms with Crippen LogP contribution in [-0.2, 0) is 9.59 Å². The van der Waals surface area contributed by atoms with Crippen molar-refractivity contribution < 1.29 is 19.8 Å². The van der Waals surface area contributed by atoms with Crippen LogP contribution in [0.5, 0.6) is 0 Å². The van der Waals surface area contributed by atoms with Gasteiger partial charge in [-0.15, -0.1) is 0 Å². The maximum absolute atomic E-state index is 10.8. The third-order valence-electron chi connectivity index (χ3n) is 4.10. The molecule has 0 aliphatic carbocycles. The summed E-state index contributed by atoms with van der Waals surface area (Å²) in [5.41, 5.74) is 0. The first-order valence-electron chi connectivity index (χ1n) is 9.23. The average Bonchev–Trinajstić information content (AvgIpc) is 2.48. The van der Waals surface area contributed by atoms with Crippen LogP contribution in [0, 0.1) is 0 Å². The maximum Gasteiger partial charge on any atom is 0.304 e. The fourth-order valence-corrected chi connectivity index (χ4v) is 2.75. The molecule has 0 aromatic carbocycles. The van der Waals surface area contributed by atoms with E-state index >= 15 is 0 Å². The van der Waals surface area contributed by atoms with Crippen molar-refractivity contribution in [3.8, 4) is 0 Å². The van der Waals surface area contributed by atoms with Crippen molar-refractivity contribution in [1.29, 1.82) is 0 Å². The second kappa shape index (κ2) is 15.8. The highest BCUT2D eigenvalue weighted by atomic mass is 16.4. The first-order chi connectivity index (χ1) is 11.1. The van der Waals surface area contributed by atoms with Gasteiger partial charge in [0.1, 0.15) is 0 Å². The lowest BCUT2D eigenvalue weighted by Crippen LogP contribution is -2.33. The van der Waals surface area contributed by atoms with Crippen molar-refractivity contribution in [2.24, 2.45) is 0 Å². The quantitative estimate of drug-likeness (QED) is 0.348. The molecule has 23 heavy (non-hydrogen) atoms. The van der Waals surface area contributed by atoms with E-state index in [0.29, 0.717) is 6.54 Å². The molecule has 0 rings (SSSR count). The van der Waals surface area contributed by atoms with Gasteiger partial charge in [0.2, 0.25) is 0 Å². The lowest BCUT2D eigenvalue weighted by Gasteiger charge is -2.16. The molecule has 0 heterocycles. The van der Waals surface area contributed by atoms with Crippen molar-refractivity contribution in [1.82, 2.24) is 5.32 Å². The Hall–Kier alpha value is -1.10. The lowest BCUT2D eigenvalue weighted by atomic mass is 10.0. The molecule has 3 N–H and O–H groups in total. The summed E-state index contributed by atoms with van der Waals surface area (Å²) >= 11 is 0. The molecule has 136 valence electrons. The molecule has 0 aliphatic heterocycles. The van der Waals surface area contributed by atoms with Crippen molar-refractivity contribution in [3.05, 3.63) is 0 Å². The van der Waals surface area contributed by atoms with Crippen LogP contribution in [0.4, 0.5) is 0 Å². The van der Waals surface area contributed by atoms with E-state index in [0.717, 1.165) is 19.3 Å². The van der Waals surface area contributed by atoms with Crippen LogP contribution in [0.1, 0.15) is 90.4 Å². The van der Waals surface area contributed by atoms with Gasteiger partial charge >= 0.3 is 11.9 Å². The topological polar surface area (TPSA) is 86.6 Å². The zero-order chi connectivity index (χ0) is 17.3. The van der Waals surface area contributed by atoms with E-state index in [-0.39, 0.29) is 18.9 Å². The van der Waals surface area contributed by atoms with Crippen LogP contribution in [0.25, 0.3) is 0 Å². The summed E-state index contributed by atoms with van der Waals surface area (Å²) in [4.78, 5) is 21.3. The third-order valence-corrected chi connectivity index (χ3v) is 4.10. The standard InChI is InChI=1S/C18H35NO4/c1-2-3-4-5-6-7-8-9-10-11-12-16(15-18(22)23)19-14-13-17(20)21/h16,19H,2-15H2,1H3,(H,20,21)(H,22,23). The molecule has 0 spiro atoms. The van der Waals surface area contributed by atoms with Crippen LogP contribution in [-0.4, -0.2) is 34.7 Å². The van der Waals surface area contributed by atoms with Crippen LogP contribution in [0.2, 0.25) is 0 Å². The number of nitrogens with one attached hydrogen (secondary N) is 1. The Balaban J connectivity index is 3.57. The summed E-state index contributed by atoms with van der Waals surface area (Å²) in [5, 5.41) is 20.6. The minimum absolute atomic E-state index is 0.0359. The van der Waals surface area contributed by atoms with Gasteiger partial charge in [0, 0.05) is 12.6 Å². The Morgan fingerprint density at radius 3 is 1.83 bits per heavy atom. The highest BCUT2D eigenvalue weighted by Crippen LogP contribution is 2.13. The number of hydrogen-bond acceptors (Lipinski definition) is 3. The van der Waals surface area contributed by atoms with Crippen LogP contribution in [0.15, 0.2) is 0 Å². The minimum Gasteiger partial charge on any atom is -0.481 e. The molecule has 1 unspecified atom stereocenters. The molecule has 0 bridgehead atoms. The first kappa shape index (κ1) is 21.9. The van der Waals surface area contributed by atoms with Gasteiger partial charge in [0.05, 0.1) is 12.8 Å². The second-order valence-electron chi connectivity index (χ2n) is 6.36. The van der Waals surface area contributed by atoms with E-state index in [4.69, 9.17) is 10.2 Å². The Bertz CT molecular complexity index is 307. The predicted molar refractivity (Wildman–Crippen MR) is 92.8 cm³/mol. The monoisotopic (exact) mass is 329 g/mol. The molecule has 0 saturated heterocycles. The van der Waals surface area contributed by atoms with E-state index in [1.165, 1.54) is 51.4 Å². The molecule has 0 amide bonds. The first-order valence-corrected chi connectivity index (χ1v) is 9.23. The number of aliphatic carboxylic acids is 2. The van der Waals surface area contributed by atoms with Crippen molar-refractivity contribution in [2.75, 3.05) is 6.54 Å². The molecular formula is C18H35NO4. The van der Waals surface area contributed by atoms with E-state index < -0.39 is 11.9 Å². The zero-order valence-corrected chi connectivity index (χ0v) is 14.7. The number of unbranched alkanes of at least 4 members (excludes halogenated alkanes) is 9. The molecule has 0 aromatic heterocycles. The average molecular weight is 329 g/mol. The van der Waals surface area contributed by atoms with Gasteiger partial charge in [-0.05, 0) is 6.42 Å². The molecule has 5 heteroatoms. The molecule has 0 saturated carbocycles. The van der Waals surface area contributed by atoms with Gasteiger partial charge in [-0.25, -0.2) is 0 Å². The lowest BCUT2D eigenvalue weighted by molar-refractivity contribution is -0.137. The fourth-order valence-electron chi connectivity index (χ4n) is 2.75. The molecule has 5 nitrogen and oxygen atoms in total. The normalized spacial score (nSPS) is 12.2. The van der Waals surface area contributed by atoms with E-state index in [1.54, 1.807) is 0 Å². The molecule has 0 radical (unpaired) electrons. The molecule has 0 fully saturated rings. The summed E-state index contributed by atoms with van der Waals surface area (Å²) < 4.78 is 0. The van der Waals surface area contributed by atoms with Gasteiger partial charge in [-0.2, -0.15) is 0 Å². The van der Waals surface area contributed by atoms with Crippen LogP contribution in [0.3, 0.4) is 0 Å². The number of carbonyl (C=O) groups is 2. The Morgan fingerprint density at radius 1 is 0.826 bits per heavy atom. The van der Waals surface area contributed by atoms with E-state index in [1.807, 2.05) is 0 Å².